The number of aromatic nitrogens is 1. The van der Waals surface area contributed by atoms with Crippen molar-refractivity contribution in [1.29, 1.82) is 0 Å². The summed E-state index contributed by atoms with van der Waals surface area (Å²) >= 11 is 1.75. The second-order valence-corrected chi connectivity index (χ2v) is 3.90. The fourth-order valence-electron chi connectivity index (χ4n) is 1.38. The Labute approximate surface area is 70.7 Å². The van der Waals surface area contributed by atoms with E-state index in [9.17, 15) is 0 Å². The third-order valence-corrected chi connectivity index (χ3v) is 2.98. The minimum Gasteiger partial charge on any atom is -0.311 e. The highest BCUT2D eigenvalue weighted by Crippen LogP contribution is 2.41. The number of hydrogen-bond donors (Lipinski definition) is 1. The number of thiazole rings is 1. The van der Waals surface area contributed by atoms with Crippen LogP contribution in [0.15, 0.2) is 11.6 Å². The van der Waals surface area contributed by atoms with Gasteiger partial charge in [0.25, 0.3) is 0 Å². The largest absolute Gasteiger partial charge is 0.311 e. The third kappa shape index (κ3) is 1.44. The molecule has 0 saturated heterocycles. The van der Waals surface area contributed by atoms with Crippen molar-refractivity contribution >= 4 is 11.3 Å². The van der Waals surface area contributed by atoms with Gasteiger partial charge in [-0.15, -0.1) is 11.3 Å². The molecule has 2 nitrogen and oxygen atoms in total. The highest BCUT2D eigenvalue weighted by Gasteiger charge is 2.32. The van der Waals surface area contributed by atoms with Gasteiger partial charge in [-0.3, -0.25) is 0 Å². The summed E-state index contributed by atoms with van der Waals surface area (Å²) in [4.78, 5) is 4.30. The predicted molar refractivity (Wildman–Crippen MR) is 46.6 cm³/mol. The second-order valence-electron chi connectivity index (χ2n) is 2.97. The van der Waals surface area contributed by atoms with Crippen molar-refractivity contribution in [3.8, 4) is 0 Å². The SMILES string of the molecule is CNC(c1nccs1)C1CC1. The first-order valence-electron chi connectivity index (χ1n) is 3.98. The molecule has 2 rings (SSSR count). The van der Waals surface area contributed by atoms with Crippen molar-refractivity contribution in [2.75, 3.05) is 7.05 Å². The highest BCUT2D eigenvalue weighted by atomic mass is 32.1. The normalized spacial score (nSPS) is 20.1. The molecule has 0 spiro atoms. The molecule has 11 heavy (non-hydrogen) atoms. The summed E-state index contributed by atoms with van der Waals surface area (Å²) in [6.45, 7) is 0. The van der Waals surface area contributed by atoms with Crippen molar-refractivity contribution in [1.82, 2.24) is 10.3 Å². The van der Waals surface area contributed by atoms with Gasteiger partial charge < -0.3 is 5.32 Å². The molecule has 0 radical (unpaired) electrons. The van der Waals surface area contributed by atoms with Crippen molar-refractivity contribution in [2.24, 2.45) is 5.92 Å². The lowest BCUT2D eigenvalue weighted by atomic mass is 10.2. The second kappa shape index (κ2) is 2.91. The Balaban J connectivity index is 2.11. The summed E-state index contributed by atoms with van der Waals surface area (Å²) in [5, 5.41) is 6.60. The average Bonchev–Trinajstić information content (AvgIpc) is 2.68. The van der Waals surface area contributed by atoms with Crippen LogP contribution in [-0.2, 0) is 0 Å². The van der Waals surface area contributed by atoms with Gasteiger partial charge in [-0.1, -0.05) is 0 Å². The molecule has 1 N–H and O–H groups in total. The van der Waals surface area contributed by atoms with Crippen LogP contribution >= 0.6 is 11.3 Å². The van der Waals surface area contributed by atoms with Gasteiger partial charge in [0.1, 0.15) is 5.01 Å². The molecule has 1 aliphatic rings. The molecule has 1 aromatic rings. The fourth-order valence-corrected chi connectivity index (χ4v) is 2.22. The minimum atomic E-state index is 0.523. The average molecular weight is 168 g/mol. The summed E-state index contributed by atoms with van der Waals surface area (Å²) in [6, 6.07) is 0.523. The standard InChI is InChI=1S/C8H12N2S/c1-9-7(6-2-3-6)8-10-4-5-11-8/h4-7,9H,2-3H2,1H3. The number of rotatable bonds is 3. The van der Waals surface area contributed by atoms with Gasteiger partial charge in [-0.25, -0.2) is 4.98 Å². The number of hydrogen-bond acceptors (Lipinski definition) is 3. The molecule has 1 aromatic heterocycles. The highest BCUT2D eigenvalue weighted by molar-refractivity contribution is 7.09. The van der Waals surface area contributed by atoms with Crippen LogP contribution in [0.3, 0.4) is 0 Å². The van der Waals surface area contributed by atoms with Gasteiger partial charge in [0, 0.05) is 11.6 Å². The molecule has 1 unspecified atom stereocenters. The molecule has 1 atom stereocenters. The molecule has 0 aromatic carbocycles. The van der Waals surface area contributed by atoms with E-state index in [1.165, 1.54) is 17.8 Å². The molecule has 60 valence electrons. The molecule has 0 aliphatic heterocycles. The summed E-state index contributed by atoms with van der Waals surface area (Å²) in [5.74, 6) is 0.853. The number of nitrogens with zero attached hydrogens (tertiary/aromatic N) is 1. The predicted octanol–water partition coefficient (Wildman–Crippen LogP) is 1.81. The zero-order valence-electron chi connectivity index (χ0n) is 6.58. The quantitative estimate of drug-likeness (QED) is 0.744. The van der Waals surface area contributed by atoms with E-state index >= 15 is 0 Å². The molecule has 1 heterocycles. The monoisotopic (exact) mass is 168 g/mol. The molecule has 0 amide bonds. The summed E-state index contributed by atoms with van der Waals surface area (Å²) in [5.41, 5.74) is 0. The lowest BCUT2D eigenvalue weighted by molar-refractivity contribution is 0.526. The first-order chi connectivity index (χ1) is 5.42. The van der Waals surface area contributed by atoms with Crippen LogP contribution in [0, 0.1) is 5.92 Å². The van der Waals surface area contributed by atoms with E-state index in [1.807, 2.05) is 18.6 Å². The van der Waals surface area contributed by atoms with Gasteiger partial charge in [0.15, 0.2) is 0 Å². The van der Waals surface area contributed by atoms with Crippen molar-refractivity contribution in [3.05, 3.63) is 16.6 Å². The van der Waals surface area contributed by atoms with E-state index in [-0.39, 0.29) is 0 Å². The lowest BCUT2D eigenvalue weighted by Crippen LogP contribution is -2.17. The van der Waals surface area contributed by atoms with Crippen LogP contribution in [0.25, 0.3) is 0 Å². The van der Waals surface area contributed by atoms with Crippen LogP contribution in [-0.4, -0.2) is 12.0 Å². The molecule has 3 heteroatoms. The summed E-state index contributed by atoms with van der Waals surface area (Å²) in [6.07, 6.45) is 4.61. The van der Waals surface area contributed by atoms with E-state index in [0.29, 0.717) is 6.04 Å². The van der Waals surface area contributed by atoms with Crippen LogP contribution in [0.5, 0.6) is 0 Å². The van der Waals surface area contributed by atoms with Crippen LogP contribution < -0.4 is 5.32 Å². The maximum absolute atomic E-state index is 4.30. The Kier molecular flexibility index (Phi) is 1.92. The van der Waals surface area contributed by atoms with Gasteiger partial charge in [-0.05, 0) is 25.8 Å². The van der Waals surface area contributed by atoms with Crippen molar-refractivity contribution < 1.29 is 0 Å². The Hall–Kier alpha value is -0.410. The Morgan fingerprint density at radius 2 is 2.55 bits per heavy atom. The van der Waals surface area contributed by atoms with E-state index in [4.69, 9.17) is 0 Å². The molecule has 1 aliphatic carbocycles. The Bertz CT molecular complexity index is 216. The zero-order valence-corrected chi connectivity index (χ0v) is 7.40. The van der Waals surface area contributed by atoms with E-state index in [0.717, 1.165) is 5.92 Å². The van der Waals surface area contributed by atoms with E-state index in [1.54, 1.807) is 11.3 Å². The van der Waals surface area contributed by atoms with E-state index < -0.39 is 0 Å². The fraction of sp³-hybridized carbons (Fsp3) is 0.625. The smallest absolute Gasteiger partial charge is 0.110 e. The van der Waals surface area contributed by atoms with Crippen LogP contribution in [0.2, 0.25) is 0 Å². The molecular formula is C8H12N2S. The lowest BCUT2D eigenvalue weighted by Gasteiger charge is -2.10. The third-order valence-electron chi connectivity index (χ3n) is 2.12. The van der Waals surface area contributed by atoms with Crippen molar-refractivity contribution in [2.45, 2.75) is 18.9 Å². The molecule has 1 saturated carbocycles. The van der Waals surface area contributed by atoms with Crippen LogP contribution in [0.4, 0.5) is 0 Å². The Morgan fingerprint density at radius 1 is 1.73 bits per heavy atom. The maximum Gasteiger partial charge on any atom is 0.110 e. The Morgan fingerprint density at radius 3 is 3.00 bits per heavy atom. The molecule has 1 fully saturated rings. The van der Waals surface area contributed by atoms with Gasteiger partial charge in [-0.2, -0.15) is 0 Å². The van der Waals surface area contributed by atoms with E-state index in [2.05, 4.69) is 10.3 Å². The molecular weight excluding hydrogens is 156 g/mol. The van der Waals surface area contributed by atoms with Crippen LogP contribution in [0.1, 0.15) is 23.9 Å². The van der Waals surface area contributed by atoms with Gasteiger partial charge in [0.2, 0.25) is 0 Å². The zero-order chi connectivity index (χ0) is 7.68. The molecule has 0 bridgehead atoms. The number of nitrogens with one attached hydrogen (secondary N) is 1. The first-order valence-corrected chi connectivity index (χ1v) is 4.86. The summed E-state index contributed by atoms with van der Waals surface area (Å²) < 4.78 is 0. The maximum atomic E-state index is 4.30. The van der Waals surface area contributed by atoms with Crippen molar-refractivity contribution in [3.63, 3.8) is 0 Å². The topological polar surface area (TPSA) is 24.9 Å². The first kappa shape index (κ1) is 7.25. The van der Waals surface area contributed by atoms with Gasteiger partial charge >= 0.3 is 0 Å². The van der Waals surface area contributed by atoms with Gasteiger partial charge in [0.05, 0.1) is 6.04 Å². The minimum absolute atomic E-state index is 0.523. The summed E-state index contributed by atoms with van der Waals surface area (Å²) in [7, 11) is 2.02.